The number of hydrogen-bond acceptors (Lipinski definition) is 4. The molecular weight excluding hydrogens is 647 g/mol. The average Bonchev–Trinajstić information content (AvgIpc) is 3.62. The molecule has 0 spiro atoms. The largest absolute Gasteiger partial charge is 0.456 e. The van der Waals surface area contributed by atoms with E-state index in [1.165, 1.54) is 0 Å². The van der Waals surface area contributed by atoms with Crippen molar-refractivity contribution < 1.29 is 4.42 Å². The molecule has 0 N–H and O–H groups in total. The summed E-state index contributed by atoms with van der Waals surface area (Å²) in [7, 11) is 0. The van der Waals surface area contributed by atoms with Crippen LogP contribution in [-0.2, 0) is 0 Å². The van der Waals surface area contributed by atoms with Crippen LogP contribution in [0, 0.1) is 0 Å². The summed E-state index contributed by atoms with van der Waals surface area (Å²) in [5.41, 5.74) is 11.2. The molecule has 0 fully saturated rings. The van der Waals surface area contributed by atoms with Crippen LogP contribution in [0.3, 0.4) is 0 Å². The van der Waals surface area contributed by atoms with Gasteiger partial charge in [-0.3, -0.25) is 0 Å². The molecule has 2 heterocycles. The van der Waals surface area contributed by atoms with Gasteiger partial charge < -0.3 is 4.42 Å². The van der Waals surface area contributed by atoms with Gasteiger partial charge in [-0.15, -0.1) is 0 Å². The van der Waals surface area contributed by atoms with E-state index in [2.05, 4.69) is 164 Å². The zero-order chi connectivity index (χ0) is 35.1. The Morgan fingerprint density at radius 2 is 0.849 bits per heavy atom. The van der Waals surface area contributed by atoms with Gasteiger partial charge in [0.1, 0.15) is 11.2 Å². The second-order valence-corrected chi connectivity index (χ2v) is 13.2. The molecule has 10 aromatic rings. The fourth-order valence-electron chi connectivity index (χ4n) is 7.30. The lowest BCUT2D eigenvalue weighted by atomic mass is 9.98. The topological polar surface area (TPSA) is 51.8 Å². The Labute approximate surface area is 306 Å². The van der Waals surface area contributed by atoms with Gasteiger partial charge in [-0.05, 0) is 68.4 Å². The SMILES string of the molecule is c1ccc(-c2ccc(-c3nc(-c4ccc5c(c4)oc4cccc(-c6ccccc6)c45)nc(-c4cccc5ccc(-c6ccccc6)cc45)n3)cc2)cc1. The first-order valence-electron chi connectivity index (χ1n) is 17.8. The van der Waals surface area contributed by atoms with Crippen LogP contribution in [0.1, 0.15) is 0 Å². The van der Waals surface area contributed by atoms with Crippen molar-refractivity contribution in [2.45, 2.75) is 0 Å². The van der Waals surface area contributed by atoms with E-state index in [0.717, 1.165) is 82.8 Å². The third-order valence-corrected chi connectivity index (χ3v) is 9.96. The van der Waals surface area contributed by atoms with Crippen molar-refractivity contribution in [2.75, 3.05) is 0 Å². The lowest BCUT2D eigenvalue weighted by molar-refractivity contribution is 0.669. The van der Waals surface area contributed by atoms with E-state index in [0.29, 0.717) is 17.5 Å². The Morgan fingerprint density at radius 3 is 1.58 bits per heavy atom. The summed E-state index contributed by atoms with van der Waals surface area (Å²) in [6.07, 6.45) is 0. The maximum absolute atomic E-state index is 6.50. The van der Waals surface area contributed by atoms with Gasteiger partial charge in [-0.1, -0.05) is 164 Å². The maximum atomic E-state index is 6.50. The number of rotatable bonds is 6. The Kier molecular flexibility index (Phi) is 7.43. The monoisotopic (exact) mass is 677 g/mol. The summed E-state index contributed by atoms with van der Waals surface area (Å²) in [6.45, 7) is 0. The number of benzene rings is 8. The smallest absolute Gasteiger partial charge is 0.164 e. The summed E-state index contributed by atoms with van der Waals surface area (Å²) < 4.78 is 6.50. The van der Waals surface area contributed by atoms with Crippen LogP contribution < -0.4 is 0 Å². The molecule has 0 bridgehead atoms. The van der Waals surface area contributed by atoms with E-state index in [1.54, 1.807) is 0 Å². The fraction of sp³-hybridized carbons (Fsp3) is 0. The Morgan fingerprint density at radius 1 is 0.302 bits per heavy atom. The van der Waals surface area contributed by atoms with Crippen molar-refractivity contribution in [2.24, 2.45) is 0 Å². The molecule has 4 heteroatoms. The molecule has 0 saturated carbocycles. The highest BCUT2D eigenvalue weighted by Gasteiger charge is 2.18. The molecule has 0 amide bonds. The van der Waals surface area contributed by atoms with Crippen LogP contribution in [-0.4, -0.2) is 15.0 Å². The molecule has 8 aromatic carbocycles. The minimum atomic E-state index is 0.582. The highest BCUT2D eigenvalue weighted by atomic mass is 16.3. The summed E-state index contributed by atoms with van der Waals surface area (Å²) in [5, 5.41) is 4.35. The van der Waals surface area contributed by atoms with Crippen LogP contribution in [0.4, 0.5) is 0 Å². The highest BCUT2D eigenvalue weighted by Crippen LogP contribution is 2.39. The van der Waals surface area contributed by atoms with Gasteiger partial charge in [0.2, 0.25) is 0 Å². The molecule has 53 heavy (non-hydrogen) atoms. The molecule has 248 valence electrons. The van der Waals surface area contributed by atoms with Crippen LogP contribution in [0.15, 0.2) is 192 Å². The van der Waals surface area contributed by atoms with Crippen LogP contribution in [0.2, 0.25) is 0 Å². The lowest BCUT2D eigenvalue weighted by Gasteiger charge is -2.12. The van der Waals surface area contributed by atoms with E-state index in [1.807, 2.05) is 24.3 Å². The molecule has 0 aliphatic carbocycles. The molecule has 0 radical (unpaired) electrons. The molecule has 2 aromatic heterocycles. The van der Waals surface area contributed by atoms with E-state index >= 15 is 0 Å². The van der Waals surface area contributed by atoms with Gasteiger partial charge in [-0.2, -0.15) is 0 Å². The zero-order valence-electron chi connectivity index (χ0n) is 28.6. The minimum absolute atomic E-state index is 0.582. The summed E-state index contributed by atoms with van der Waals surface area (Å²) >= 11 is 0. The van der Waals surface area contributed by atoms with Gasteiger partial charge in [-0.25, -0.2) is 15.0 Å². The summed E-state index contributed by atoms with van der Waals surface area (Å²) in [5.74, 6) is 1.81. The normalized spacial score (nSPS) is 11.4. The lowest BCUT2D eigenvalue weighted by Crippen LogP contribution is -2.00. The molecule has 0 atom stereocenters. The van der Waals surface area contributed by atoms with Crippen molar-refractivity contribution in [3.63, 3.8) is 0 Å². The van der Waals surface area contributed by atoms with Crippen LogP contribution in [0.5, 0.6) is 0 Å². The van der Waals surface area contributed by atoms with Gasteiger partial charge in [0.05, 0.1) is 0 Å². The minimum Gasteiger partial charge on any atom is -0.456 e. The van der Waals surface area contributed by atoms with E-state index in [9.17, 15) is 0 Å². The van der Waals surface area contributed by atoms with Gasteiger partial charge >= 0.3 is 0 Å². The summed E-state index contributed by atoms with van der Waals surface area (Å²) in [6, 6.07) is 65.2. The second-order valence-electron chi connectivity index (χ2n) is 13.2. The van der Waals surface area contributed by atoms with Crippen molar-refractivity contribution >= 4 is 32.7 Å². The number of hydrogen-bond donors (Lipinski definition) is 0. The van der Waals surface area contributed by atoms with Crippen molar-refractivity contribution in [1.29, 1.82) is 0 Å². The number of aromatic nitrogens is 3. The number of furan rings is 1. The highest BCUT2D eigenvalue weighted by molar-refractivity contribution is 6.13. The first-order chi connectivity index (χ1) is 26.2. The first-order valence-corrected chi connectivity index (χ1v) is 17.8. The van der Waals surface area contributed by atoms with Crippen molar-refractivity contribution in [3.05, 3.63) is 188 Å². The van der Waals surface area contributed by atoms with Gasteiger partial charge in [0.15, 0.2) is 17.5 Å². The standard InChI is InChI=1S/C49H31N3O/c1-4-12-32(13-5-1)34-22-25-37(26-23-34)47-50-48(39-28-29-42-45(31-39)53-44-21-11-19-40(46(42)44)35-16-8-3-9-17-35)52-49(51-47)41-20-10-18-36-24-27-38(30-43(36)41)33-14-6-2-7-15-33/h1-31H. The first kappa shape index (κ1) is 30.6. The molecule has 0 aliphatic heterocycles. The van der Waals surface area contributed by atoms with Gasteiger partial charge in [0.25, 0.3) is 0 Å². The predicted octanol–water partition coefficient (Wildman–Crippen LogP) is 12.9. The average molecular weight is 678 g/mol. The third kappa shape index (κ3) is 5.63. The molecule has 0 aliphatic rings. The molecule has 0 saturated heterocycles. The van der Waals surface area contributed by atoms with Crippen LogP contribution >= 0.6 is 0 Å². The molecule has 4 nitrogen and oxygen atoms in total. The molecule has 10 rings (SSSR count). The quantitative estimate of drug-likeness (QED) is 0.176. The Hall–Kier alpha value is -7.17. The predicted molar refractivity (Wildman–Crippen MR) is 217 cm³/mol. The van der Waals surface area contributed by atoms with E-state index in [4.69, 9.17) is 19.4 Å². The van der Waals surface area contributed by atoms with E-state index in [-0.39, 0.29) is 0 Å². The van der Waals surface area contributed by atoms with Crippen molar-refractivity contribution in [1.82, 2.24) is 15.0 Å². The zero-order valence-corrected chi connectivity index (χ0v) is 28.6. The van der Waals surface area contributed by atoms with Crippen molar-refractivity contribution in [3.8, 4) is 67.5 Å². The molecular formula is C49H31N3O. The Bertz CT molecular complexity index is 2920. The number of nitrogens with zero attached hydrogens (tertiary/aromatic N) is 3. The fourth-order valence-corrected chi connectivity index (χ4v) is 7.30. The Balaban J connectivity index is 1.15. The number of fused-ring (bicyclic) bond motifs is 4. The second kappa shape index (κ2) is 12.9. The van der Waals surface area contributed by atoms with Gasteiger partial charge in [0, 0.05) is 27.5 Å². The third-order valence-electron chi connectivity index (χ3n) is 9.96. The maximum Gasteiger partial charge on any atom is 0.164 e. The van der Waals surface area contributed by atoms with Crippen LogP contribution in [0.25, 0.3) is 100 Å². The molecule has 0 unspecified atom stereocenters. The van der Waals surface area contributed by atoms with E-state index < -0.39 is 0 Å². The summed E-state index contributed by atoms with van der Waals surface area (Å²) in [4.78, 5) is 15.4.